The minimum Gasteiger partial charge on any atom is -0.497 e. The van der Waals surface area contributed by atoms with Gasteiger partial charge in [0, 0.05) is 30.1 Å². The number of hydrogen-bond acceptors (Lipinski definition) is 11. The molecule has 0 spiro atoms. The molecule has 0 saturated carbocycles. The van der Waals surface area contributed by atoms with Crippen LogP contribution >= 0.6 is 0 Å². The molecule has 19 heteroatoms. The Morgan fingerprint density at radius 1 is 0.912 bits per heavy atom. The average Bonchev–Trinajstić information content (AvgIpc) is 3.43. The Morgan fingerprint density at radius 2 is 1.46 bits per heavy atom. The molecule has 0 bridgehead atoms. The van der Waals surface area contributed by atoms with Gasteiger partial charge in [-0.15, -0.1) is 0 Å². The molecular formula is C38H55N5O12Si2. The zero-order valence-electron chi connectivity index (χ0n) is 34.3. The third-order valence-electron chi connectivity index (χ3n) is 11.1. The third-order valence-corrected chi connectivity index (χ3v) is 20.1. The predicted molar refractivity (Wildman–Crippen MR) is 218 cm³/mol. The first-order valence-electron chi connectivity index (χ1n) is 18.5. The van der Waals surface area contributed by atoms with Crippen LogP contribution in [0.1, 0.15) is 53.3 Å². The lowest BCUT2D eigenvalue weighted by Crippen LogP contribution is -2.59. The fraction of sp³-hybridized carbons (Fsp3) is 0.526. The van der Waals surface area contributed by atoms with Crippen LogP contribution in [0.2, 0.25) is 36.3 Å². The van der Waals surface area contributed by atoms with Crippen molar-refractivity contribution in [1.29, 1.82) is 0 Å². The number of anilines is 1. The van der Waals surface area contributed by atoms with Gasteiger partial charge in [0.1, 0.15) is 30.2 Å². The number of benzene rings is 2. The molecule has 2 heterocycles. The third kappa shape index (κ3) is 10.3. The van der Waals surface area contributed by atoms with Crippen LogP contribution in [0.25, 0.3) is 0 Å². The first-order valence-corrected chi connectivity index (χ1v) is 24.3. The molecule has 3 aromatic rings. The summed E-state index contributed by atoms with van der Waals surface area (Å²) in [6.07, 6.45) is -5.79. The summed E-state index contributed by atoms with van der Waals surface area (Å²) in [5.41, 5.74) is -0.773. The number of amides is 2. The molecule has 0 radical (unpaired) electrons. The Morgan fingerprint density at radius 3 is 1.95 bits per heavy atom. The van der Waals surface area contributed by atoms with Crippen LogP contribution in [-0.2, 0) is 24.9 Å². The van der Waals surface area contributed by atoms with Crippen molar-refractivity contribution in [3.63, 3.8) is 0 Å². The molecule has 57 heavy (non-hydrogen) atoms. The number of methoxy groups -OCH3 is 1. The number of ether oxygens (including phenoxy) is 2. The van der Waals surface area contributed by atoms with Crippen molar-refractivity contribution in [2.45, 2.75) is 121 Å². The summed E-state index contributed by atoms with van der Waals surface area (Å²) in [7, 11) is -4.05. The number of carboxylic acid groups (broad SMARTS) is 1. The number of carboxylic acids is 1. The maximum Gasteiger partial charge on any atom is 0.333 e. The van der Waals surface area contributed by atoms with Gasteiger partial charge in [0.2, 0.25) is 0 Å². The van der Waals surface area contributed by atoms with E-state index in [4.69, 9.17) is 18.3 Å². The number of nitro groups is 1. The largest absolute Gasteiger partial charge is 0.497 e. The summed E-state index contributed by atoms with van der Waals surface area (Å²) in [5, 5.41) is 37.5. The minimum atomic E-state index is -2.80. The summed E-state index contributed by atoms with van der Waals surface area (Å²) in [5.74, 6) is -1.01. The van der Waals surface area contributed by atoms with Gasteiger partial charge in [0.15, 0.2) is 28.9 Å². The first kappa shape index (κ1) is 45.0. The van der Waals surface area contributed by atoms with Crippen molar-refractivity contribution in [2.24, 2.45) is 0 Å². The normalized spacial score (nSPS) is 20.1. The number of non-ortho nitro benzene ring substituents is 1. The highest BCUT2D eigenvalue weighted by Crippen LogP contribution is 2.46. The lowest BCUT2D eigenvalue weighted by atomic mass is 9.99. The smallest absolute Gasteiger partial charge is 0.333 e. The van der Waals surface area contributed by atoms with Gasteiger partial charge in [-0.2, -0.15) is 0 Å². The lowest BCUT2D eigenvalue weighted by Gasteiger charge is -2.44. The van der Waals surface area contributed by atoms with E-state index in [2.05, 4.69) is 10.6 Å². The number of nitrogens with one attached hydrogen (secondary N) is 2. The van der Waals surface area contributed by atoms with Crippen molar-refractivity contribution < 1.29 is 43.1 Å². The highest BCUT2D eigenvalue weighted by Gasteiger charge is 2.57. The molecule has 2 amide bonds. The average molecular weight is 830 g/mol. The van der Waals surface area contributed by atoms with Crippen molar-refractivity contribution in [2.75, 3.05) is 12.4 Å². The molecule has 1 fully saturated rings. The van der Waals surface area contributed by atoms with E-state index >= 15 is 0 Å². The summed E-state index contributed by atoms with van der Waals surface area (Å²) < 4.78 is 28.0. The number of nitrogens with zero attached hydrogens (tertiary/aromatic N) is 3. The number of carbonyl (C=O) groups is 2. The van der Waals surface area contributed by atoms with Gasteiger partial charge in [0.05, 0.1) is 18.6 Å². The van der Waals surface area contributed by atoms with E-state index in [-0.39, 0.29) is 28.0 Å². The second kappa shape index (κ2) is 17.1. The summed E-state index contributed by atoms with van der Waals surface area (Å²) >= 11 is 0. The second-order valence-electron chi connectivity index (χ2n) is 17.2. The van der Waals surface area contributed by atoms with Crippen molar-refractivity contribution >= 4 is 40.0 Å². The Balaban J connectivity index is 1.83. The molecule has 1 aromatic heterocycles. The van der Waals surface area contributed by atoms with Gasteiger partial charge in [-0.3, -0.25) is 24.0 Å². The van der Waals surface area contributed by atoms with Crippen LogP contribution in [0, 0.1) is 10.1 Å². The zero-order chi connectivity index (χ0) is 42.8. The molecule has 2 aromatic carbocycles. The summed E-state index contributed by atoms with van der Waals surface area (Å²) in [6, 6.07) is 9.95. The molecule has 1 unspecified atom stereocenters. The number of hydrogen-bond donors (Lipinski definition) is 4. The summed E-state index contributed by atoms with van der Waals surface area (Å²) in [6.45, 7) is 19.9. The standard InChI is InChI=1S/C38H55N5O12Si2/c1-37(2,3)56(8,9)54-31-30(29(45)28(34(46)47)40-35(48)39-24-14-16-25(17-15-24)43(50)51)53-33(32(31)55-57(10,11)38(4,5)6)41-21-20-27(44)42(36(41)49)22-23-12-18-26(52-7)19-13-23/h12-21,28-33,45H,22H2,1-11H3,(H,46,47)(H2,39,40,48)/t28-,29+,30?,31+,32+,33+/m0/s1. The van der Waals surface area contributed by atoms with E-state index in [9.17, 15) is 39.5 Å². The number of aromatic nitrogens is 2. The zero-order valence-corrected chi connectivity index (χ0v) is 36.3. The number of aliphatic hydroxyl groups excluding tert-OH is 1. The quantitative estimate of drug-likeness (QED) is 0.0925. The molecule has 17 nitrogen and oxygen atoms in total. The maximum absolute atomic E-state index is 14.3. The molecule has 1 aliphatic heterocycles. The first-order chi connectivity index (χ1) is 26.3. The molecule has 1 saturated heterocycles. The van der Waals surface area contributed by atoms with E-state index in [0.29, 0.717) is 11.3 Å². The highest BCUT2D eigenvalue weighted by atomic mass is 28.4. The fourth-order valence-corrected chi connectivity index (χ4v) is 8.29. The van der Waals surface area contributed by atoms with Crippen molar-refractivity contribution in [1.82, 2.24) is 14.5 Å². The Kier molecular flexibility index (Phi) is 13.5. The Hall–Kier alpha value is -4.67. The SMILES string of the molecule is COc1ccc(Cn2c(=O)ccn([C@@H]3OC([C@H](O)[C@H](NC(=O)Nc4ccc([N+](=O)[O-])cc4)C(=O)O)[C@@H](O[Si](C)(C)C(C)(C)C)[C@H]3O[Si](C)(C)C(C)(C)C)c2=O)cc1. The van der Waals surface area contributed by atoms with Crippen molar-refractivity contribution in [3.8, 4) is 5.75 Å². The fourth-order valence-electron chi connectivity index (χ4n) is 5.70. The van der Waals surface area contributed by atoms with Crippen LogP contribution in [0.4, 0.5) is 16.2 Å². The second-order valence-corrected chi connectivity index (χ2v) is 26.7. The maximum atomic E-state index is 14.3. The lowest BCUT2D eigenvalue weighted by molar-refractivity contribution is -0.384. The minimum absolute atomic E-state index is 0.0895. The van der Waals surface area contributed by atoms with E-state index in [1.54, 1.807) is 24.3 Å². The van der Waals surface area contributed by atoms with Gasteiger partial charge < -0.3 is 39.2 Å². The van der Waals surface area contributed by atoms with Crippen LogP contribution in [0.15, 0.2) is 70.4 Å². The van der Waals surface area contributed by atoms with E-state index in [1.807, 2.05) is 67.7 Å². The van der Waals surface area contributed by atoms with Crippen LogP contribution in [0.3, 0.4) is 0 Å². The Bertz CT molecular complexity index is 2040. The molecule has 4 rings (SSSR count). The number of carbonyl (C=O) groups excluding carboxylic acids is 1. The molecule has 6 atom stereocenters. The number of rotatable bonds is 14. The van der Waals surface area contributed by atoms with Gasteiger partial charge in [-0.25, -0.2) is 14.4 Å². The van der Waals surface area contributed by atoms with Crippen LogP contribution in [0.5, 0.6) is 5.75 Å². The van der Waals surface area contributed by atoms with Gasteiger partial charge >= 0.3 is 17.7 Å². The van der Waals surface area contributed by atoms with E-state index < -0.39 is 81.5 Å². The number of nitro benzene ring substituents is 1. The van der Waals surface area contributed by atoms with Gasteiger partial charge in [-0.05, 0) is 66.1 Å². The molecule has 1 aliphatic rings. The summed E-state index contributed by atoms with van der Waals surface area (Å²) in [4.78, 5) is 64.0. The predicted octanol–water partition coefficient (Wildman–Crippen LogP) is 5.29. The monoisotopic (exact) mass is 829 g/mol. The van der Waals surface area contributed by atoms with E-state index in [0.717, 1.165) is 4.57 Å². The number of urea groups is 1. The molecule has 0 aliphatic carbocycles. The van der Waals surface area contributed by atoms with Crippen LogP contribution < -0.4 is 26.6 Å². The van der Waals surface area contributed by atoms with E-state index in [1.165, 1.54) is 48.2 Å². The highest BCUT2D eigenvalue weighted by molar-refractivity contribution is 6.74. The van der Waals surface area contributed by atoms with Crippen LogP contribution in [-0.4, -0.2) is 90.5 Å². The molecular weight excluding hydrogens is 775 g/mol. The number of aliphatic carboxylic acids is 1. The number of aliphatic hydroxyl groups is 1. The topological polar surface area (TPSA) is 223 Å². The van der Waals surface area contributed by atoms with Gasteiger partial charge in [0.25, 0.3) is 11.2 Å². The van der Waals surface area contributed by atoms with Gasteiger partial charge in [-0.1, -0.05) is 53.7 Å². The Labute approximate surface area is 333 Å². The molecule has 312 valence electrons. The van der Waals surface area contributed by atoms with Crippen molar-refractivity contribution in [3.05, 3.63) is 97.3 Å². The molecule has 4 N–H and O–H groups in total.